The highest BCUT2D eigenvalue weighted by molar-refractivity contribution is 6.02. The first kappa shape index (κ1) is 23.4. The molecule has 2 aliphatic heterocycles. The number of carbonyl (C=O) groups excluding carboxylic acids is 3. The Morgan fingerprint density at radius 1 is 1.12 bits per heavy atom. The van der Waals surface area contributed by atoms with Gasteiger partial charge in [0.2, 0.25) is 11.8 Å². The fourth-order valence-electron chi connectivity index (χ4n) is 5.29. The van der Waals surface area contributed by atoms with Gasteiger partial charge in [-0.2, -0.15) is 4.79 Å². The molecule has 1 aromatic rings. The molecule has 3 aliphatic rings. The third-order valence-electron chi connectivity index (χ3n) is 6.89. The molecule has 1 saturated heterocycles. The SMILES string of the molecule is C[N+](C(=O)OC(C)(C)C)=C1CCC(c2c(F)ccc3c2CCN3C2CCC(=O)NC2=O)CC1. The molecule has 1 atom stereocenters. The molecule has 1 saturated carbocycles. The van der Waals surface area contributed by atoms with Crippen LogP contribution < -0.4 is 10.2 Å². The average molecular weight is 459 g/mol. The van der Waals surface area contributed by atoms with Crippen LogP contribution in [0.3, 0.4) is 0 Å². The summed E-state index contributed by atoms with van der Waals surface area (Å²) in [7, 11) is 1.74. The van der Waals surface area contributed by atoms with E-state index in [0.29, 0.717) is 38.6 Å². The van der Waals surface area contributed by atoms with Crippen LogP contribution in [0.2, 0.25) is 0 Å². The molecule has 8 heteroatoms. The number of ether oxygens (including phenoxy) is 1. The number of hydrogen-bond acceptors (Lipinski definition) is 5. The molecule has 0 spiro atoms. The second-order valence-electron chi connectivity index (χ2n) is 10.2. The van der Waals surface area contributed by atoms with Crippen LogP contribution in [0.5, 0.6) is 0 Å². The Bertz CT molecular complexity index is 1020. The van der Waals surface area contributed by atoms with Crippen molar-refractivity contribution in [2.45, 2.75) is 83.3 Å². The summed E-state index contributed by atoms with van der Waals surface area (Å²) in [5.74, 6) is -0.640. The Morgan fingerprint density at radius 2 is 1.82 bits per heavy atom. The number of anilines is 1. The number of carbonyl (C=O) groups is 3. The van der Waals surface area contributed by atoms with E-state index < -0.39 is 11.6 Å². The van der Waals surface area contributed by atoms with Gasteiger partial charge < -0.3 is 9.64 Å². The Hall–Kier alpha value is -2.77. The number of nitrogens with zero attached hydrogens (tertiary/aromatic N) is 2. The maximum atomic E-state index is 15.1. The number of benzene rings is 1. The van der Waals surface area contributed by atoms with E-state index in [4.69, 9.17) is 4.74 Å². The van der Waals surface area contributed by atoms with Crippen molar-refractivity contribution in [1.82, 2.24) is 5.32 Å². The summed E-state index contributed by atoms with van der Waals surface area (Å²) in [6.07, 6.45) is 4.06. The fourth-order valence-corrected chi connectivity index (χ4v) is 5.29. The van der Waals surface area contributed by atoms with Gasteiger partial charge in [0, 0.05) is 31.5 Å². The van der Waals surface area contributed by atoms with Crippen LogP contribution >= 0.6 is 0 Å². The molecule has 1 aliphatic carbocycles. The van der Waals surface area contributed by atoms with Crippen molar-refractivity contribution < 1.29 is 28.1 Å². The van der Waals surface area contributed by atoms with Crippen LogP contribution in [0, 0.1) is 5.82 Å². The van der Waals surface area contributed by atoms with Crippen molar-refractivity contribution in [3.63, 3.8) is 0 Å². The molecule has 4 rings (SSSR count). The number of amides is 3. The minimum Gasteiger partial charge on any atom is -0.406 e. The number of nitrogens with one attached hydrogen (secondary N) is 1. The molecule has 1 aromatic carbocycles. The quantitative estimate of drug-likeness (QED) is 0.541. The van der Waals surface area contributed by atoms with Crippen molar-refractivity contribution in [3.8, 4) is 0 Å². The van der Waals surface area contributed by atoms with Gasteiger partial charge in [0.25, 0.3) is 0 Å². The van der Waals surface area contributed by atoms with Gasteiger partial charge in [0.1, 0.15) is 24.5 Å². The van der Waals surface area contributed by atoms with Gasteiger partial charge in [0.15, 0.2) is 5.71 Å². The highest BCUT2D eigenvalue weighted by Crippen LogP contribution is 2.42. The van der Waals surface area contributed by atoms with Gasteiger partial charge in [0.05, 0.1) is 0 Å². The number of halogens is 1. The predicted octanol–water partition coefficient (Wildman–Crippen LogP) is 3.67. The van der Waals surface area contributed by atoms with E-state index in [1.165, 1.54) is 6.07 Å². The highest BCUT2D eigenvalue weighted by atomic mass is 19.1. The first-order valence-corrected chi connectivity index (χ1v) is 11.8. The zero-order valence-corrected chi connectivity index (χ0v) is 19.9. The maximum absolute atomic E-state index is 15.1. The van der Waals surface area contributed by atoms with Gasteiger partial charge >= 0.3 is 6.09 Å². The molecule has 0 bridgehead atoms. The summed E-state index contributed by atoms with van der Waals surface area (Å²) in [5.41, 5.74) is 3.10. The van der Waals surface area contributed by atoms with Gasteiger partial charge in [-0.25, -0.2) is 4.39 Å². The van der Waals surface area contributed by atoms with E-state index in [-0.39, 0.29) is 29.6 Å². The van der Waals surface area contributed by atoms with E-state index in [1.807, 2.05) is 25.7 Å². The van der Waals surface area contributed by atoms with Gasteiger partial charge in [-0.3, -0.25) is 14.9 Å². The zero-order chi connectivity index (χ0) is 23.9. The van der Waals surface area contributed by atoms with E-state index in [2.05, 4.69) is 5.32 Å². The topological polar surface area (TPSA) is 78.7 Å². The first-order valence-electron chi connectivity index (χ1n) is 11.8. The second-order valence-corrected chi connectivity index (χ2v) is 10.2. The minimum absolute atomic E-state index is 0.0671. The van der Waals surface area contributed by atoms with Gasteiger partial charge in [-0.05, 0) is 75.6 Å². The normalized spacial score (nSPS) is 23.3. The second kappa shape index (κ2) is 8.88. The monoisotopic (exact) mass is 458 g/mol. The lowest BCUT2D eigenvalue weighted by atomic mass is 9.80. The molecule has 1 unspecified atom stereocenters. The van der Waals surface area contributed by atoms with E-state index in [0.717, 1.165) is 35.4 Å². The van der Waals surface area contributed by atoms with Crippen LogP contribution in [0.4, 0.5) is 14.9 Å². The van der Waals surface area contributed by atoms with Gasteiger partial charge in [-0.1, -0.05) is 0 Å². The summed E-state index contributed by atoms with van der Waals surface area (Å²) in [6, 6.07) is 2.88. The average Bonchev–Trinajstić information content (AvgIpc) is 3.16. The minimum atomic E-state index is -0.550. The third kappa shape index (κ3) is 4.80. The van der Waals surface area contributed by atoms with Crippen LogP contribution in [0.15, 0.2) is 12.1 Å². The molecule has 2 heterocycles. The van der Waals surface area contributed by atoms with Crippen molar-refractivity contribution >= 4 is 29.3 Å². The Labute approximate surface area is 194 Å². The van der Waals surface area contributed by atoms with Crippen molar-refractivity contribution in [2.75, 3.05) is 18.5 Å². The van der Waals surface area contributed by atoms with Crippen molar-refractivity contribution in [2.24, 2.45) is 0 Å². The van der Waals surface area contributed by atoms with Crippen LogP contribution in [0.1, 0.15) is 76.3 Å². The Balaban J connectivity index is 1.52. The standard InChI is InChI=1S/C25H32FN3O4/c1-25(2,3)33-24(32)28(4)16-7-5-15(6-8-16)22-17-13-14-29(19(17)10-9-18(22)26)20-11-12-21(30)27-23(20)31/h9-10,15,20H,5-8,11-14H2,1-4H3/p+1. The largest absolute Gasteiger partial charge is 0.596 e. The molecule has 0 radical (unpaired) electrons. The summed E-state index contributed by atoms with van der Waals surface area (Å²) in [6.45, 7) is 6.18. The molecule has 33 heavy (non-hydrogen) atoms. The van der Waals surface area contributed by atoms with E-state index >= 15 is 4.39 Å². The first-order chi connectivity index (χ1) is 15.5. The van der Waals surface area contributed by atoms with E-state index in [1.54, 1.807) is 17.7 Å². The van der Waals surface area contributed by atoms with Crippen molar-refractivity contribution in [3.05, 3.63) is 29.1 Å². The summed E-state index contributed by atoms with van der Waals surface area (Å²) >= 11 is 0. The van der Waals surface area contributed by atoms with Crippen LogP contribution in [-0.2, 0) is 20.7 Å². The number of piperidine rings is 1. The Kier molecular flexibility index (Phi) is 6.29. The third-order valence-corrected chi connectivity index (χ3v) is 6.89. The van der Waals surface area contributed by atoms with E-state index in [9.17, 15) is 14.4 Å². The molecule has 2 fully saturated rings. The molecule has 0 aromatic heterocycles. The van der Waals surface area contributed by atoms with Crippen LogP contribution in [-0.4, -0.2) is 53.4 Å². The predicted molar refractivity (Wildman–Crippen MR) is 122 cm³/mol. The molecular formula is C25H33FN3O4+. The fraction of sp³-hybridized carbons (Fsp3) is 0.600. The molecule has 7 nitrogen and oxygen atoms in total. The summed E-state index contributed by atoms with van der Waals surface area (Å²) < 4.78 is 22.1. The number of hydrogen-bond donors (Lipinski definition) is 1. The van der Waals surface area contributed by atoms with Gasteiger partial charge in [-0.15, -0.1) is 4.58 Å². The molecule has 3 amide bonds. The zero-order valence-electron chi connectivity index (χ0n) is 19.9. The number of fused-ring (bicyclic) bond motifs is 1. The molecular weight excluding hydrogens is 425 g/mol. The summed E-state index contributed by atoms with van der Waals surface area (Å²) in [5, 5.41) is 2.43. The van der Waals surface area contributed by atoms with Crippen LogP contribution in [0.25, 0.3) is 0 Å². The lowest BCUT2D eigenvalue weighted by molar-refractivity contribution is -0.422. The smallest absolute Gasteiger partial charge is 0.406 e. The molecule has 178 valence electrons. The Morgan fingerprint density at radius 3 is 2.45 bits per heavy atom. The molecule has 1 N–H and O–H groups in total. The van der Waals surface area contributed by atoms with Crippen molar-refractivity contribution in [1.29, 1.82) is 0 Å². The number of imide groups is 1. The lowest BCUT2D eigenvalue weighted by Crippen LogP contribution is -2.52. The summed E-state index contributed by atoms with van der Waals surface area (Å²) in [4.78, 5) is 38.4. The maximum Gasteiger partial charge on any atom is 0.596 e. The number of rotatable bonds is 2. The lowest BCUT2D eigenvalue weighted by Gasteiger charge is -2.32. The highest BCUT2D eigenvalue weighted by Gasteiger charge is 2.38.